The van der Waals surface area contributed by atoms with Gasteiger partial charge in [0.25, 0.3) is 0 Å². The molecule has 0 aliphatic rings. The van der Waals surface area contributed by atoms with Gasteiger partial charge in [-0.1, -0.05) is 4.68 Å². The van der Waals surface area contributed by atoms with Gasteiger partial charge in [-0.3, -0.25) is 0 Å². The maximum atomic E-state index is 5.50. The average molecular weight is 124 g/mol. The van der Waals surface area contributed by atoms with Crippen LogP contribution in [0.15, 0.2) is 12.4 Å². The third-order valence-electron chi connectivity index (χ3n) is 1.19. The fraction of sp³-hybridized carbons (Fsp3) is 0.333. The molecule has 3 heteroatoms. The van der Waals surface area contributed by atoms with Crippen molar-refractivity contribution in [2.75, 3.05) is 5.84 Å². The average Bonchev–Trinajstić information content (AvgIpc) is 1.80. The molecule has 0 spiro atoms. The highest BCUT2D eigenvalue weighted by atomic mass is 15.3. The summed E-state index contributed by atoms with van der Waals surface area (Å²) in [5.41, 5.74) is 1.89. The van der Waals surface area contributed by atoms with Gasteiger partial charge in [-0.2, -0.15) is 0 Å². The van der Waals surface area contributed by atoms with E-state index in [2.05, 4.69) is 4.98 Å². The first kappa shape index (κ1) is 6.01. The molecule has 1 heterocycles. The Balaban J connectivity index is 3.17. The molecule has 0 bridgehead atoms. The van der Waals surface area contributed by atoms with Crippen LogP contribution < -0.4 is 10.5 Å². The summed E-state index contributed by atoms with van der Waals surface area (Å²) >= 11 is 0. The van der Waals surface area contributed by atoms with Crippen molar-refractivity contribution in [2.24, 2.45) is 0 Å². The third kappa shape index (κ3) is 1.16. The van der Waals surface area contributed by atoms with Crippen molar-refractivity contribution in [1.82, 2.24) is 4.98 Å². The van der Waals surface area contributed by atoms with Crippen LogP contribution in [0, 0.1) is 13.8 Å². The van der Waals surface area contributed by atoms with Gasteiger partial charge >= 0.3 is 0 Å². The number of rotatable bonds is 0. The highest BCUT2D eigenvalue weighted by Gasteiger charge is 1.99. The molecule has 3 nitrogen and oxygen atoms in total. The molecule has 48 valence electrons. The number of hydrogen-bond donors (Lipinski definition) is 1. The Morgan fingerprint density at radius 3 is 2.67 bits per heavy atom. The van der Waals surface area contributed by atoms with E-state index in [1.807, 2.05) is 13.8 Å². The molecule has 1 aromatic heterocycles. The Bertz CT molecular complexity index is 220. The molecule has 0 atom stereocenters. The van der Waals surface area contributed by atoms with E-state index in [-0.39, 0.29) is 0 Å². The summed E-state index contributed by atoms with van der Waals surface area (Å²) in [5, 5.41) is 0. The fourth-order valence-electron chi connectivity index (χ4n) is 0.598. The lowest BCUT2D eigenvalue weighted by molar-refractivity contribution is -0.646. The van der Waals surface area contributed by atoms with Gasteiger partial charge < -0.3 is 0 Å². The van der Waals surface area contributed by atoms with Crippen LogP contribution in [-0.4, -0.2) is 4.98 Å². The summed E-state index contributed by atoms with van der Waals surface area (Å²) in [6.07, 6.45) is 3.53. The number of nitrogens with zero attached hydrogens (tertiary/aromatic N) is 2. The van der Waals surface area contributed by atoms with Gasteiger partial charge in [-0.15, -0.1) is 0 Å². The molecule has 0 aliphatic carbocycles. The number of nitrogen functional groups attached to an aromatic ring is 1. The van der Waals surface area contributed by atoms with E-state index in [0.717, 1.165) is 11.4 Å². The minimum atomic E-state index is 0.933. The maximum Gasteiger partial charge on any atom is 0.226 e. The summed E-state index contributed by atoms with van der Waals surface area (Å²) < 4.78 is 1.56. The smallest absolute Gasteiger partial charge is 0.226 e. The standard InChI is InChI=1S/C6H10N3/c1-5-4-9(7)6(2)3-8-5/h3-4H,1-2H3,(H2,7,8)/q+1. The molecule has 9 heavy (non-hydrogen) atoms. The van der Waals surface area contributed by atoms with Crippen molar-refractivity contribution in [2.45, 2.75) is 13.8 Å². The molecular weight excluding hydrogens is 114 g/mol. The van der Waals surface area contributed by atoms with E-state index in [1.165, 1.54) is 0 Å². The van der Waals surface area contributed by atoms with Crippen LogP contribution in [0.5, 0.6) is 0 Å². The van der Waals surface area contributed by atoms with Crippen molar-refractivity contribution in [1.29, 1.82) is 0 Å². The molecule has 0 saturated carbocycles. The first-order chi connectivity index (χ1) is 4.20. The van der Waals surface area contributed by atoms with Crippen molar-refractivity contribution < 1.29 is 4.68 Å². The van der Waals surface area contributed by atoms with Crippen LogP contribution >= 0.6 is 0 Å². The Labute approximate surface area is 54.1 Å². The highest BCUT2D eigenvalue weighted by Crippen LogP contribution is 1.85. The highest BCUT2D eigenvalue weighted by molar-refractivity contribution is 4.90. The second-order valence-corrected chi connectivity index (χ2v) is 2.08. The summed E-state index contributed by atoms with van der Waals surface area (Å²) in [6, 6.07) is 0. The van der Waals surface area contributed by atoms with E-state index >= 15 is 0 Å². The first-order valence-electron chi connectivity index (χ1n) is 2.80. The third-order valence-corrected chi connectivity index (χ3v) is 1.19. The quantitative estimate of drug-likeness (QED) is 0.381. The van der Waals surface area contributed by atoms with Crippen LogP contribution in [0.4, 0.5) is 0 Å². The minimum absolute atomic E-state index is 0.933. The summed E-state index contributed by atoms with van der Waals surface area (Å²) in [4.78, 5) is 4.04. The lowest BCUT2D eigenvalue weighted by Gasteiger charge is -1.90. The predicted molar refractivity (Wildman–Crippen MR) is 34.1 cm³/mol. The molecule has 0 amide bonds. The van der Waals surface area contributed by atoms with Crippen LogP contribution in [0.25, 0.3) is 0 Å². The van der Waals surface area contributed by atoms with Gasteiger partial charge in [0.15, 0.2) is 0 Å². The molecule has 0 saturated heterocycles. The zero-order valence-electron chi connectivity index (χ0n) is 5.63. The second kappa shape index (κ2) is 2.01. The zero-order valence-corrected chi connectivity index (χ0v) is 5.63. The predicted octanol–water partition coefficient (Wildman–Crippen LogP) is -0.300. The van der Waals surface area contributed by atoms with Gasteiger partial charge in [0, 0.05) is 6.92 Å². The van der Waals surface area contributed by atoms with E-state index in [9.17, 15) is 0 Å². The molecule has 0 radical (unpaired) electrons. The zero-order chi connectivity index (χ0) is 6.85. The van der Waals surface area contributed by atoms with Crippen LogP contribution in [-0.2, 0) is 0 Å². The Morgan fingerprint density at radius 2 is 2.22 bits per heavy atom. The van der Waals surface area contributed by atoms with Gasteiger partial charge in [-0.25, -0.2) is 10.8 Å². The number of aryl methyl sites for hydroxylation is 2. The fourth-order valence-corrected chi connectivity index (χ4v) is 0.598. The minimum Gasteiger partial charge on any atom is -0.249 e. The summed E-state index contributed by atoms with van der Waals surface area (Å²) in [6.45, 7) is 3.81. The Hall–Kier alpha value is -1.12. The molecule has 1 rings (SSSR count). The van der Waals surface area contributed by atoms with E-state index in [4.69, 9.17) is 5.84 Å². The van der Waals surface area contributed by atoms with Crippen molar-refractivity contribution >= 4 is 0 Å². The van der Waals surface area contributed by atoms with Crippen molar-refractivity contribution in [3.63, 3.8) is 0 Å². The van der Waals surface area contributed by atoms with Crippen LogP contribution in [0.2, 0.25) is 0 Å². The molecule has 0 aromatic carbocycles. The number of nitrogens with two attached hydrogens (primary N) is 1. The summed E-state index contributed by atoms with van der Waals surface area (Å²) in [5.74, 6) is 5.50. The van der Waals surface area contributed by atoms with Gasteiger partial charge in [0.05, 0.1) is 6.20 Å². The lowest BCUT2D eigenvalue weighted by Crippen LogP contribution is -2.47. The molecule has 1 aromatic rings. The van der Waals surface area contributed by atoms with E-state index in [0.29, 0.717) is 0 Å². The van der Waals surface area contributed by atoms with E-state index < -0.39 is 0 Å². The number of aromatic nitrogens is 2. The maximum absolute atomic E-state index is 5.50. The molecule has 0 unspecified atom stereocenters. The SMILES string of the molecule is Cc1c[n+](N)c(C)cn1. The van der Waals surface area contributed by atoms with Gasteiger partial charge in [-0.05, 0) is 6.92 Å². The van der Waals surface area contributed by atoms with E-state index in [1.54, 1.807) is 17.1 Å². The monoisotopic (exact) mass is 124 g/mol. The van der Waals surface area contributed by atoms with Crippen LogP contribution in [0.1, 0.15) is 11.4 Å². The molecule has 2 N–H and O–H groups in total. The Kier molecular flexibility index (Phi) is 1.34. The molecule has 0 fully saturated rings. The first-order valence-corrected chi connectivity index (χ1v) is 2.80. The van der Waals surface area contributed by atoms with Crippen molar-refractivity contribution in [3.05, 3.63) is 23.8 Å². The molecular formula is C6H10N3+. The normalized spacial score (nSPS) is 9.56. The Morgan fingerprint density at radius 1 is 1.56 bits per heavy atom. The summed E-state index contributed by atoms with van der Waals surface area (Å²) in [7, 11) is 0. The van der Waals surface area contributed by atoms with Crippen LogP contribution in [0.3, 0.4) is 0 Å². The topological polar surface area (TPSA) is 42.8 Å². The van der Waals surface area contributed by atoms with Gasteiger partial charge in [0.1, 0.15) is 5.69 Å². The van der Waals surface area contributed by atoms with Gasteiger partial charge in [0.2, 0.25) is 11.9 Å². The van der Waals surface area contributed by atoms with Crippen molar-refractivity contribution in [3.8, 4) is 0 Å². The second-order valence-electron chi connectivity index (χ2n) is 2.08. The largest absolute Gasteiger partial charge is 0.249 e. The molecule has 0 aliphatic heterocycles. The number of hydrogen-bond acceptors (Lipinski definition) is 2. The lowest BCUT2D eigenvalue weighted by atomic mass is 10.4.